The van der Waals surface area contributed by atoms with Crippen molar-refractivity contribution < 1.29 is 0 Å². The van der Waals surface area contributed by atoms with Gasteiger partial charge in [-0.05, 0) is 43.0 Å². The zero-order valence-corrected chi connectivity index (χ0v) is 15.2. The average molecular weight is 370 g/mol. The van der Waals surface area contributed by atoms with Gasteiger partial charge in [0.05, 0.1) is 30.7 Å². The summed E-state index contributed by atoms with van der Waals surface area (Å²) in [5, 5.41) is 12.9. The number of fused-ring (bicyclic) bond motifs is 2. The van der Waals surface area contributed by atoms with Gasteiger partial charge >= 0.3 is 0 Å². The number of nitrogens with zero attached hydrogens (tertiary/aromatic N) is 8. The van der Waals surface area contributed by atoms with Gasteiger partial charge in [-0.3, -0.25) is 4.68 Å². The summed E-state index contributed by atoms with van der Waals surface area (Å²) in [6.07, 6.45) is 13.5. The molecule has 5 aromatic heterocycles. The van der Waals surface area contributed by atoms with Crippen LogP contribution < -0.4 is 0 Å². The fourth-order valence-corrected chi connectivity index (χ4v) is 3.67. The summed E-state index contributed by atoms with van der Waals surface area (Å²) in [5.41, 5.74) is 5.29. The Kier molecular flexibility index (Phi) is 3.31. The van der Waals surface area contributed by atoms with Gasteiger partial charge < -0.3 is 4.40 Å². The quantitative estimate of drug-likeness (QED) is 0.486. The summed E-state index contributed by atoms with van der Waals surface area (Å²) in [5.74, 6) is 0. The lowest BCUT2D eigenvalue weighted by atomic mass is 9.93. The highest BCUT2D eigenvalue weighted by Gasteiger charge is 2.20. The highest BCUT2D eigenvalue weighted by atomic mass is 15.5. The van der Waals surface area contributed by atoms with Crippen molar-refractivity contribution in [3.05, 3.63) is 60.8 Å². The minimum Gasteiger partial charge on any atom is -0.324 e. The average Bonchev–Trinajstić information content (AvgIpc) is 3.40. The van der Waals surface area contributed by atoms with Gasteiger partial charge in [0.1, 0.15) is 0 Å². The third-order valence-electron chi connectivity index (χ3n) is 5.49. The molecular formula is C20H18N8. The summed E-state index contributed by atoms with van der Waals surface area (Å²) in [4.78, 5) is 9.24. The molecule has 0 bridgehead atoms. The molecule has 0 amide bonds. The molecule has 0 aromatic carbocycles. The first kappa shape index (κ1) is 15.5. The number of rotatable bonds is 4. The van der Waals surface area contributed by atoms with Crippen molar-refractivity contribution in [2.45, 2.75) is 31.8 Å². The second-order valence-electron chi connectivity index (χ2n) is 7.32. The largest absolute Gasteiger partial charge is 0.324 e. The van der Waals surface area contributed by atoms with Crippen LogP contribution in [-0.4, -0.2) is 39.1 Å². The molecule has 8 heteroatoms. The second kappa shape index (κ2) is 5.98. The van der Waals surface area contributed by atoms with Crippen molar-refractivity contribution in [1.29, 1.82) is 0 Å². The highest BCUT2D eigenvalue weighted by molar-refractivity contribution is 5.69. The van der Waals surface area contributed by atoms with E-state index < -0.39 is 0 Å². The lowest BCUT2D eigenvalue weighted by Gasteiger charge is -2.25. The number of aromatic nitrogens is 8. The number of hydrogen-bond donors (Lipinski definition) is 0. The van der Waals surface area contributed by atoms with Crippen LogP contribution in [0.4, 0.5) is 0 Å². The van der Waals surface area contributed by atoms with Gasteiger partial charge in [0.2, 0.25) is 5.65 Å². The Labute approximate surface area is 160 Å². The van der Waals surface area contributed by atoms with E-state index in [2.05, 4.69) is 55.4 Å². The molecule has 5 aromatic rings. The molecule has 0 spiro atoms. The molecule has 0 radical (unpaired) electrons. The molecule has 5 heterocycles. The second-order valence-corrected chi connectivity index (χ2v) is 7.32. The van der Waals surface area contributed by atoms with E-state index in [4.69, 9.17) is 4.98 Å². The Morgan fingerprint density at radius 3 is 2.93 bits per heavy atom. The van der Waals surface area contributed by atoms with E-state index in [1.54, 1.807) is 10.9 Å². The van der Waals surface area contributed by atoms with Gasteiger partial charge in [0, 0.05) is 29.7 Å². The summed E-state index contributed by atoms with van der Waals surface area (Å²) >= 11 is 0. The van der Waals surface area contributed by atoms with Crippen LogP contribution in [0, 0.1) is 0 Å². The Morgan fingerprint density at radius 1 is 1.07 bits per heavy atom. The SMILES string of the molecule is c1cc2ccc(Cn3nnc4ncc(-c5cnn(C6CCC6)c5)nc43)cn2c1. The predicted octanol–water partition coefficient (Wildman–Crippen LogP) is 3.11. The minimum atomic E-state index is 0.529. The molecule has 1 fully saturated rings. The molecule has 8 nitrogen and oxygen atoms in total. The van der Waals surface area contributed by atoms with E-state index in [0.717, 1.165) is 22.3 Å². The van der Waals surface area contributed by atoms with Crippen molar-refractivity contribution in [2.75, 3.05) is 0 Å². The first-order valence-corrected chi connectivity index (χ1v) is 9.50. The third-order valence-corrected chi connectivity index (χ3v) is 5.49. The Morgan fingerprint density at radius 2 is 2.04 bits per heavy atom. The maximum Gasteiger partial charge on any atom is 0.221 e. The standard InChI is InChI=1S/C20H18N8/c1-3-17(4-1)27-13-15(9-22-27)18-10-21-19-20(23-18)28(25-24-19)12-14-6-7-16-5-2-8-26(16)11-14/h2,5-11,13,17H,1,3-4,12H2. The van der Waals surface area contributed by atoms with Gasteiger partial charge in [-0.25, -0.2) is 14.6 Å². The van der Waals surface area contributed by atoms with E-state index in [-0.39, 0.29) is 0 Å². The van der Waals surface area contributed by atoms with Crippen molar-refractivity contribution in [2.24, 2.45) is 0 Å². The normalized spacial score (nSPS) is 14.7. The Bertz CT molecular complexity index is 1290. The fourth-order valence-electron chi connectivity index (χ4n) is 3.67. The molecule has 0 aliphatic heterocycles. The summed E-state index contributed by atoms with van der Waals surface area (Å²) in [7, 11) is 0. The zero-order chi connectivity index (χ0) is 18.5. The van der Waals surface area contributed by atoms with Crippen LogP contribution >= 0.6 is 0 Å². The smallest absolute Gasteiger partial charge is 0.221 e. The van der Waals surface area contributed by atoms with E-state index in [1.807, 2.05) is 23.1 Å². The van der Waals surface area contributed by atoms with Crippen LogP contribution in [0.1, 0.15) is 30.9 Å². The zero-order valence-electron chi connectivity index (χ0n) is 15.2. The van der Waals surface area contributed by atoms with E-state index in [1.165, 1.54) is 19.3 Å². The van der Waals surface area contributed by atoms with Crippen LogP contribution in [0.5, 0.6) is 0 Å². The molecule has 0 atom stereocenters. The maximum atomic E-state index is 4.79. The molecule has 1 aliphatic carbocycles. The van der Waals surface area contributed by atoms with Crippen molar-refractivity contribution in [3.8, 4) is 11.3 Å². The van der Waals surface area contributed by atoms with Crippen LogP contribution in [0.15, 0.2) is 55.2 Å². The van der Waals surface area contributed by atoms with Crippen molar-refractivity contribution in [1.82, 2.24) is 39.1 Å². The topological polar surface area (TPSA) is 78.7 Å². The van der Waals surface area contributed by atoms with Crippen LogP contribution in [0.3, 0.4) is 0 Å². The van der Waals surface area contributed by atoms with Crippen LogP contribution in [0.2, 0.25) is 0 Å². The third kappa shape index (κ3) is 2.49. The lowest BCUT2D eigenvalue weighted by Crippen LogP contribution is -2.16. The first-order valence-electron chi connectivity index (χ1n) is 9.50. The molecule has 1 aliphatic rings. The van der Waals surface area contributed by atoms with Crippen molar-refractivity contribution in [3.63, 3.8) is 0 Å². The molecular weight excluding hydrogens is 352 g/mol. The molecule has 1 saturated carbocycles. The highest BCUT2D eigenvalue weighted by Crippen LogP contribution is 2.32. The lowest BCUT2D eigenvalue weighted by molar-refractivity contribution is 0.289. The van der Waals surface area contributed by atoms with Crippen molar-refractivity contribution >= 4 is 16.8 Å². The fraction of sp³-hybridized carbons (Fsp3) is 0.250. The number of hydrogen-bond acceptors (Lipinski definition) is 5. The summed E-state index contributed by atoms with van der Waals surface area (Å²) < 4.78 is 5.94. The van der Waals surface area contributed by atoms with E-state index in [9.17, 15) is 0 Å². The summed E-state index contributed by atoms with van der Waals surface area (Å²) in [6, 6.07) is 8.84. The van der Waals surface area contributed by atoms with E-state index in [0.29, 0.717) is 23.9 Å². The molecule has 138 valence electrons. The molecule has 0 saturated heterocycles. The van der Waals surface area contributed by atoms with Gasteiger partial charge in [-0.1, -0.05) is 11.3 Å². The van der Waals surface area contributed by atoms with Gasteiger partial charge in [-0.15, -0.1) is 5.10 Å². The Hall–Kier alpha value is -3.55. The molecule has 6 rings (SSSR count). The van der Waals surface area contributed by atoms with Crippen LogP contribution in [0.25, 0.3) is 28.1 Å². The predicted molar refractivity (Wildman–Crippen MR) is 104 cm³/mol. The van der Waals surface area contributed by atoms with E-state index >= 15 is 0 Å². The summed E-state index contributed by atoms with van der Waals surface area (Å²) in [6.45, 7) is 0.587. The Balaban J connectivity index is 1.35. The van der Waals surface area contributed by atoms with Gasteiger partial charge in [0.15, 0.2) is 5.65 Å². The molecule has 0 unspecified atom stereocenters. The maximum absolute atomic E-state index is 4.79. The van der Waals surface area contributed by atoms with Gasteiger partial charge in [0.25, 0.3) is 0 Å². The first-order chi connectivity index (χ1) is 13.8. The van der Waals surface area contributed by atoms with Gasteiger partial charge in [-0.2, -0.15) is 5.10 Å². The number of pyridine rings is 1. The minimum absolute atomic E-state index is 0.529. The molecule has 28 heavy (non-hydrogen) atoms. The van der Waals surface area contributed by atoms with Crippen LogP contribution in [-0.2, 0) is 6.54 Å². The molecule has 0 N–H and O–H groups in total. The monoisotopic (exact) mass is 370 g/mol.